The summed E-state index contributed by atoms with van der Waals surface area (Å²) in [4.78, 5) is 51.2. The van der Waals surface area contributed by atoms with Crippen molar-refractivity contribution in [2.24, 2.45) is 0 Å². The largest absolute Gasteiger partial charge is 0.479 e. The van der Waals surface area contributed by atoms with Crippen molar-refractivity contribution in [2.75, 3.05) is 13.2 Å². The monoisotopic (exact) mass is 1110 g/mol. The van der Waals surface area contributed by atoms with Crippen LogP contribution in [0, 0.1) is 0 Å². The van der Waals surface area contributed by atoms with Gasteiger partial charge in [-0.1, -0.05) is 215 Å². The highest BCUT2D eigenvalue weighted by molar-refractivity contribution is 5.74. The fraction of sp³-hybridized carbons (Fsp3) is 0.731. The van der Waals surface area contributed by atoms with E-state index in [0.717, 1.165) is 122 Å². The van der Waals surface area contributed by atoms with Gasteiger partial charge in [0.1, 0.15) is 18.8 Å². The molecule has 1 aliphatic rings. The number of aliphatic carboxylic acids is 1. The van der Waals surface area contributed by atoms with Gasteiger partial charge in [0, 0.05) is 19.3 Å². The number of hydrogen-bond donors (Lipinski definition) is 3. The van der Waals surface area contributed by atoms with E-state index in [1.165, 1.54) is 83.5 Å². The Hall–Kier alpha value is -4.10. The third-order valence-corrected chi connectivity index (χ3v) is 13.9. The first-order valence-electron chi connectivity index (χ1n) is 31.6. The van der Waals surface area contributed by atoms with E-state index in [1.54, 1.807) is 0 Å². The van der Waals surface area contributed by atoms with Gasteiger partial charge in [-0.15, -0.1) is 0 Å². The van der Waals surface area contributed by atoms with Gasteiger partial charge >= 0.3 is 23.9 Å². The summed E-state index contributed by atoms with van der Waals surface area (Å²) in [5.74, 6) is -3.18. The molecule has 12 heteroatoms. The Morgan fingerprint density at radius 1 is 0.430 bits per heavy atom. The molecule has 12 nitrogen and oxygen atoms in total. The van der Waals surface area contributed by atoms with Gasteiger partial charge in [0.2, 0.25) is 0 Å². The van der Waals surface area contributed by atoms with Crippen molar-refractivity contribution in [3.8, 4) is 0 Å². The first-order valence-corrected chi connectivity index (χ1v) is 31.6. The number of rotatable bonds is 53. The van der Waals surface area contributed by atoms with Crippen LogP contribution in [-0.4, -0.2) is 89.2 Å². The Morgan fingerprint density at radius 2 is 0.797 bits per heavy atom. The third kappa shape index (κ3) is 44.3. The zero-order valence-electron chi connectivity index (χ0n) is 49.8. The minimum Gasteiger partial charge on any atom is -0.479 e. The van der Waals surface area contributed by atoms with Crippen LogP contribution in [-0.2, 0) is 42.9 Å². The van der Waals surface area contributed by atoms with Gasteiger partial charge in [-0.25, -0.2) is 4.79 Å². The molecule has 0 aromatic rings. The summed E-state index contributed by atoms with van der Waals surface area (Å²) in [5, 5.41) is 31.5. The zero-order valence-corrected chi connectivity index (χ0v) is 49.8. The SMILES string of the molecule is CC/C=C\C/C=C\C/C=C\CCCCCC(=O)OC1C(OCC(COC(=O)CCCCCCCC/C=C\C/C=C\C/C=C\CCCCC)OC(=O)CCCCCCCCC/C=C\CCCCCCCC)OC(C(=O)O)C(O)C1O. The number of carbonyl (C=O) groups excluding carboxylic acids is 3. The molecule has 0 spiro atoms. The lowest BCUT2D eigenvalue weighted by molar-refractivity contribution is -0.301. The summed E-state index contributed by atoms with van der Waals surface area (Å²) in [6.07, 6.45) is 58.3. The van der Waals surface area contributed by atoms with Gasteiger partial charge < -0.3 is 39.0 Å². The summed E-state index contributed by atoms with van der Waals surface area (Å²) in [5.41, 5.74) is 0. The fourth-order valence-electron chi connectivity index (χ4n) is 9.09. The molecule has 0 aliphatic carbocycles. The number of ether oxygens (including phenoxy) is 5. The maximum Gasteiger partial charge on any atom is 0.335 e. The summed E-state index contributed by atoms with van der Waals surface area (Å²) in [7, 11) is 0. The molecule has 3 N–H and O–H groups in total. The van der Waals surface area contributed by atoms with E-state index in [-0.39, 0.29) is 25.9 Å². The van der Waals surface area contributed by atoms with Crippen LogP contribution < -0.4 is 0 Å². The molecule has 0 saturated carbocycles. The minimum absolute atomic E-state index is 0.0210. The lowest BCUT2D eigenvalue weighted by atomic mass is 9.98. The Bertz CT molecular complexity index is 1700. The van der Waals surface area contributed by atoms with E-state index in [1.807, 2.05) is 0 Å². The number of allylic oxidation sites excluding steroid dienone is 14. The van der Waals surface area contributed by atoms with E-state index in [9.17, 15) is 34.5 Å². The van der Waals surface area contributed by atoms with Crippen LogP contribution in [0.15, 0.2) is 85.1 Å². The first-order chi connectivity index (χ1) is 38.6. The molecular weight excluding hydrogens is 997 g/mol. The molecule has 0 aromatic heterocycles. The van der Waals surface area contributed by atoms with E-state index in [4.69, 9.17) is 23.7 Å². The van der Waals surface area contributed by atoms with Crippen LogP contribution in [0.3, 0.4) is 0 Å². The molecule has 1 heterocycles. The van der Waals surface area contributed by atoms with Gasteiger partial charge in [0.15, 0.2) is 24.6 Å². The summed E-state index contributed by atoms with van der Waals surface area (Å²) < 4.78 is 28.4. The Balaban J connectivity index is 2.69. The average Bonchev–Trinajstić information content (AvgIpc) is 3.46. The van der Waals surface area contributed by atoms with Crippen molar-refractivity contribution in [3.05, 3.63) is 85.1 Å². The van der Waals surface area contributed by atoms with Crippen LogP contribution >= 0.6 is 0 Å². The van der Waals surface area contributed by atoms with E-state index >= 15 is 0 Å². The summed E-state index contributed by atoms with van der Waals surface area (Å²) >= 11 is 0. The highest BCUT2D eigenvalue weighted by atomic mass is 16.7. The predicted molar refractivity (Wildman–Crippen MR) is 321 cm³/mol. The van der Waals surface area contributed by atoms with Crippen molar-refractivity contribution in [2.45, 2.75) is 302 Å². The molecule has 1 rings (SSSR count). The quantitative estimate of drug-likeness (QED) is 0.0228. The molecule has 0 radical (unpaired) electrons. The lowest BCUT2D eigenvalue weighted by Gasteiger charge is -2.40. The molecule has 452 valence electrons. The second-order valence-corrected chi connectivity index (χ2v) is 21.3. The van der Waals surface area contributed by atoms with Crippen LogP contribution in [0.1, 0.15) is 265 Å². The van der Waals surface area contributed by atoms with E-state index < -0.39 is 67.3 Å². The van der Waals surface area contributed by atoms with Gasteiger partial charge in [-0.3, -0.25) is 14.4 Å². The molecule has 1 aliphatic heterocycles. The van der Waals surface area contributed by atoms with Crippen molar-refractivity contribution in [3.63, 3.8) is 0 Å². The van der Waals surface area contributed by atoms with Gasteiger partial charge in [0.25, 0.3) is 0 Å². The zero-order chi connectivity index (χ0) is 57.5. The average molecular weight is 1110 g/mol. The molecule has 0 amide bonds. The number of unbranched alkanes of at least 4 members (excludes halogenated alkanes) is 25. The van der Waals surface area contributed by atoms with Crippen molar-refractivity contribution in [1.29, 1.82) is 0 Å². The topological polar surface area (TPSA) is 175 Å². The first kappa shape index (κ1) is 72.9. The molecule has 79 heavy (non-hydrogen) atoms. The third-order valence-electron chi connectivity index (χ3n) is 13.9. The normalized spacial score (nSPS) is 18.4. The van der Waals surface area contributed by atoms with Crippen LogP contribution in [0.5, 0.6) is 0 Å². The maximum atomic E-state index is 13.2. The number of esters is 3. The minimum atomic E-state index is -1.92. The second-order valence-electron chi connectivity index (χ2n) is 21.3. The number of carboxylic acids is 1. The molecule has 1 fully saturated rings. The standard InChI is InChI=1S/C67H112O12/c1-4-7-10-13-16-19-22-25-27-29-30-32-33-36-38-41-44-47-50-53-59(68)75-56-58(77-60(69)54-51-48-45-42-40-37-34-31-28-26-23-20-17-14-11-8-5-2)57-76-67-65(63(72)62(71)64(79-67)66(73)74)78-61(70)55-52-49-46-43-39-35-24-21-18-15-12-9-6-3/h9,12,16,18-19,21,25-28,30,32,35,39,58,62-65,67,71-72H,4-8,10-11,13-15,17,20,22-24,29,31,33-34,36-38,40-57H2,1-3H3,(H,73,74)/b12-9-,19-16-,21-18-,27-25-,28-26-,32-30-,39-35-. The van der Waals surface area contributed by atoms with E-state index in [0.29, 0.717) is 19.3 Å². The number of aliphatic hydroxyl groups excluding tert-OH is 2. The maximum absolute atomic E-state index is 13.2. The smallest absolute Gasteiger partial charge is 0.335 e. The summed E-state index contributed by atoms with van der Waals surface area (Å²) in [6.45, 7) is 5.83. The van der Waals surface area contributed by atoms with Gasteiger partial charge in [-0.2, -0.15) is 0 Å². The molecule has 0 bridgehead atoms. The Labute approximate surface area is 480 Å². The number of carboxylic acid groups (broad SMARTS) is 1. The van der Waals surface area contributed by atoms with Crippen molar-refractivity contribution in [1.82, 2.24) is 0 Å². The van der Waals surface area contributed by atoms with E-state index in [2.05, 4.69) is 106 Å². The second kappa shape index (κ2) is 54.5. The van der Waals surface area contributed by atoms with Crippen molar-refractivity contribution >= 4 is 23.9 Å². The molecule has 0 aromatic carbocycles. The van der Waals surface area contributed by atoms with Crippen LogP contribution in [0.4, 0.5) is 0 Å². The predicted octanol–water partition coefficient (Wildman–Crippen LogP) is 16.7. The summed E-state index contributed by atoms with van der Waals surface area (Å²) in [6, 6.07) is 0. The highest BCUT2D eigenvalue weighted by Crippen LogP contribution is 2.26. The molecule has 1 saturated heterocycles. The van der Waals surface area contributed by atoms with Crippen molar-refractivity contribution < 1.29 is 58.2 Å². The number of carbonyl (C=O) groups is 4. The Morgan fingerprint density at radius 3 is 1.27 bits per heavy atom. The number of hydrogen-bond acceptors (Lipinski definition) is 11. The lowest BCUT2D eigenvalue weighted by Crippen LogP contribution is -2.61. The number of aliphatic hydroxyl groups is 2. The highest BCUT2D eigenvalue weighted by Gasteiger charge is 2.50. The van der Waals surface area contributed by atoms with Crippen LogP contribution in [0.2, 0.25) is 0 Å². The molecule has 6 unspecified atom stereocenters. The Kier molecular flexibility index (Phi) is 50.3. The van der Waals surface area contributed by atoms with Gasteiger partial charge in [0.05, 0.1) is 6.61 Å². The van der Waals surface area contributed by atoms with Crippen LogP contribution in [0.25, 0.3) is 0 Å². The molecule has 6 atom stereocenters. The van der Waals surface area contributed by atoms with Gasteiger partial charge in [-0.05, 0) is 116 Å². The fourth-order valence-corrected chi connectivity index (χ4v) is 9.09. The molecular formula is C67H112O12.